The van der Waals surface area contributed by atoms with Crippen LogP contribution in [0.15, 0.2) is 40.9 Å². The number of hydrogen-bond acceptors (Lipinski definition) is 1. The summed E-state index contributed by atoms with van der Waals surface area (Å²) >= 11 is 7.86. The molecule has 0 spiro atoms. The van der Waals surface area contributed by atoms with Crippen molar-refractivity contribution >= 4 is 72.7 Å². The Morgan fingerprint density at radius 2 is 1.74 bits per heavy atom. The first kappa shape index (κ1) is 15.2. The molecule has 19 heavy (non-hydrogen) atoms. The summed E-state index contributed by atoms with van der Waals surface area (Å²) in [5.74, 6) is -0.102. The summed E-state index contributed by atoms with van der Waals surface area (Å²) in [6, 6.07) is 11.7. The third-order valence-electron chi connectivity index (χ3n) is 2.61. The van der Waals surface area contributed by atoms with E-state index < -0.39 is 0 Å². The molecule has 1 N–H and O–H groups in total. The number of aryl methyl sites for hydroxylation is 1. The van der Waals surface area contributed by atoms with Crippen LogP contribution in [-0.4, -0.2) is 5.91 Å². The van der Waals surface area contributed by atoms with Crippen LogP contribution in [0.3, 0.4) is 0 Å². The molecular formula is C14H10BrI2NO. The lowest BCUT2D eigenvalue weighted by Gasteiger charge is -2.10. The first-order valence-electron chi connectivity index (χ1n) is 5.50. The monoisotopic (exact) mass is 541 g/mol. The van der Waals surface area contributed by atoms with Crippen LogP contribution in [0.4, 0.5) is 5.69 Å². The van der Waals surface area contributed by atoms with Crippen LogP contribution in [0.1, 0.15) is 15.9 Å². The van der Waals surface area contributed by atoms with Gasteiger partial charge in [0.1, 0.15) is 0 Å². The molecule has 0 bridgehead atoms. The van der Waals surface area contributed by atoms with E-state index in [1.807, 2.05) is 43.3 Å². The SMILES string of the molecule is Cc1cc(I)ccc1NC(=O)c1cc(I)ccc1Br. The minimum Gasteiger partial charge on any atom is -0.322 e. The van der Waals surface area contributed by atoms with Gasteiger partial charge in [-0.25, -0.2) is 0 Å². The van der Waals surface area contributed by atoms with Gasteiger partial charge in [-0.1, -0.05) is 0 Å². The molecule has 0 heterocycles. The third-order valence-corrected chi connectivity index (χ3v) is 4.64. The van der Waals surface area contributed by atoms with Crippen molar-refractivity contribution in [2.75, 3.05) is 5.32 Å². The number of halogens is 3. The molecule has 2 nitrogen and oxygen atoms in total. The maximum Gasteiger partial charge on any atom is 0.256 e. The van der Waals surface area contributed by atoms with Crippen LogP contribution in [0.25, 0.3) is 0 Å². The van der Waals surface area contributed by atoms with Crippen LogP contribution in [0.5, 0.6) is 0 Å². The van der Waals surface area contributed by atoms with E-state index in [-0.39, 0.29) is 5.91 Å². The Bertz CT molecular complexity index is 643. The molecule has 5 heteroatoms. The number of rotatable bonds is 2. The van der Waals surface area contributed by atoms with Crippen molar-refractivity contribution in [2.24, 2.45) is 0 Å². The minimum atomic E-state index is -0.102. The predicted octanol–water partition coefficient (Wildman–Crippen LogP) is 5.22. The Balaban J connectivity index is 2.28. The highest BCUT2D eigenvalue weighted by Gasteiger charge is 2.11. The first-order valence-corrected chi connectivity index (χ1v) is 8.45. The Morgan fingerprint density at radius 1 is 1.11 bits per heavy atom. The molecule has 0 fully saturated rings. The van der Waals surface area contributed by atoms with Gasteiger partial charge in [-0.15, -0.1) is 0 Å². The van der Waals surface area contributed by atoms with Crippen molar-refractivity contribution in [3.8, 4) is 0 Å². The van der Waals surface area contributed by atoms with Gasteiger partial charge in [0.05, 0.1) is 5.56 Å². The average Bonchev–Trinajstić information content (AvgIpc) is 2.35. The summed E-state index contributed by atoms with van der Waals surface area (Å²) in [5.41, 5.74) is 2.54. The van der Waals surface area contributed by atoms with Crippen LogP contribution in [0.2, 0.25) is 0 Å². The maximum atomic E-state index is 12.3. The number of amides is 1. The maximum absolute atomic E-state index is 12.3. The Labute approximate surface area is 147 Å². The fraction of sp³-hybridized carbons (Fsp3) is 0.0714. The lowest BCUT2D eigenvalue weighted by molar-refractivity contribution is 0.102. The number of nitrogens with one attached hydrogen (secondary N) is 1. The van der Waals surface area contributed by atoms with Gasteiger partial charge in [-0.05, 0) is 110 Å². The second kappa shape index (κ2) is 6.53. The van der Waals surface area contributed by atoms with E-state index in [9.17, 15) is 4.79 Å². The summed E-state index contributed by atoms with van der Waals surface area (Å²) in [7, 11) is 0. The number of carbonyl (C=O) groups excluding carboxylic acids is 1. The Kier molecular flexibility index (Phi) is 5.24. The van der Waals surface area contributed by atoms with Gasteiger partial charge in [0, 0.05) is 17.3 Å². The molecule has 2 rings (SSSR count). The summed E-state index contributed by atoms with van der Waals surface area (Å²) in [4.78, 5) is 12.3. The summed E-state index contributed by atoms with van der Waals surface area (Å²) < 4.78 is 2.99. The van der Waals surface area contributed by atoms with Gasteiger partial charge >= 0.3 is 0 Å². The molecule has 0 saturated carbocycles. The molecule has 98 valence electrons. The van der Waals surface area contributed by atoms with Gasteiger partial charge in [-0.2, -0.15) is 0 Å². The molecule has 0 aliphatic rings. The molecule has 0 saturated heterocycles. The second-order valence-electron chi connectivity index (χ2n) is 4.04. The van der Waals surface area contributed by atoms with Crippen molar-refractivity contribution in [1.29, 1.82) is 0 Å². The molecular weight excluding hydrogens is 532 g/mol. The van der Waals surface area contributed by atoms with E-state index >= 15 is 0 Å². The smallest absolute Gasteiger partial charge is 0.256 e. The van der Waals surface area contributed by atoms with Gasteiger partial charge in [-0.3, -0.25) is 4.79 Å². The normalized spacial score (nSPS) is 10.3. The molecule has 0 aliphatic carbocycles. The van der Waals surface area contributed by atoms with Crippen LogP contribution in [-0.2, 0) is 0 Å². The highest BCUT2D eigenvalue weighted by Crippen LogP contribution is 2.23. The number of hydrogen-bond donors (Lipinski definition) is 1. The molecule has 0 atom stereocenters. The molecule has 0 aromatic heterocycles. The van der Waals surface area contributed by atoms with Crippen molar-refractivity contribution in [2.45, 2.75) is 6.92 Å². The first-order chi connectivity index (χ1) is 8.97. The van der Waals surface area contributed by atoms with Gasteiger partial charge in [0.2, 0.25) is 0 Å². The molecule has 2 aromatic rings. The second-order valence-corrected chi connectivity index (χ2v) is 7.38. The fourth-order valence-electron chi connectivity index (χ4n) is 1.63. The molecule has 0 unspecified atom stereocenters. The van der Waals surface area contributed by atoms with Crippen LogP contribution < -0.4 is 5.32 Å². The fourth-order valence-corrected chi connectivity index (χ4v) is 3.19. The molecule has 2 aromatic carbocycles. The van der Waals surface area contributed by atoms with Gasteiger partial charge < -0.3 is 5.32 Å². The third kappa shape index (κ3) is 3.91. The molecule has 1 amide bonds. The average molecular weight is 542 g/mol. The van der Waals surface area contributed by atoms with Gasteiger partial charge in [0.15, 0.2) is 0 Å². The zero-order chi connectivity index (χ0) is 14.0. The van der Waals surface area contributed by atoms with Gasteiger partial charge in [0.25, 0.3) is 5.91 Å². The quantitative estimate of drug-likeness (QED) is 0.519. The van der Waals surface area contributed by atoms with Crippen LogP contribution in [0, 0.1) is 14.1 Å². The summed E-state index contributed by atoms with van der Waals surface area (Å²) in [5, 5.41) is 2.95. The largest absolute Gasteiger partial charge is 0.322 e. The zero-order valence-corrected chi connectivity index (χ0v) is 15.9. The number of carbonyl (C=O) groups is 1. The van der Waals surface area contributed by atoms with E-state index in [1.54, 1.807) is 0 Å². The standard InChI is InChI=1S/C14H10BrI2NO/c1-8-6-9(16)3-5-13(8)18-14(19)11-7-10(17)2-4-12(11)15/h2-7H,1H3,(H,18,19). The minimum absolute atomic E-state index is 0.102. The Hall–Kier alpha value is -0.150. The summed E-state index contributed by atoms with van der Waals surface area (Å²) in [6.07, 6.45) is 0. The topological polar surface area (TPSA) is 29.1 Å². The molecule has 0 radical (unpaired) electrons. The van der Waals surface area contributed by atoms with E-state index in [1.165, 1.54) is 0 Å². The highest BCUT2D eigenvalue weighted by atomic mass is 127. The number of benzene rings is 2. The van der Waals surface area contributed by atoms with Crippen LogP contribution >= 0.6 is 61.1 Å². The zero-order valence-electron chi connectivity index (χ0n) is 10.0. The van der Waals surface area contributed by atoms with E-state index in [4.69, 9.17) is 0 Å². The number of anilines is 1. The van der Waals surface area contributed by atoms with Crippen molar-refractivity contribution in [3.63, 3.8) is 0 Å². The lowest BCUT2D eigenvalue weighted by Crippen LogP contribution is -2.13. The molecule has 0 aliphatic heterocycles. The lowest BCUT2D eigenvalue weighted by atomic mass is 10.1. The Morgan fingerprint density at radius 3 is 2.42 bits per heavy atom. The van der Waals surface area contributed by atoms with Crippen molar-refractivity contribution in [1.82, 2.24) is 0 Å². The van der Waals surface area contributed by atoms with E-state index in [0.717, 1.165) is 22.9 Å². The van der Waals surface area contributed by atoms with E-state index in [2.05, 4.69) is 66.4 Å². The summed E-state index contributed by atoms with van der Waals surface area (Å²) in [6.45, 7) is 1.99. The highest BCUT2D eigenvalue weighted by molar-refractivity contribution is 14.1. The van der Waals surface area contributed by atoms with Crippen molar-refractivity contribution in [3.05, 3.63) is 59.1 Å². The van der Waals surface area contributed by atoms with Crippen molar-refractivity contribution < 1.29 is 4.79 Å². The predicted molar refractivity (Wildman–Crippen MR) is 98.7 cm³/mol. The van der Waals surface area contributed by atoms with E-state index in [0.29, 0.717) is 5.56 Å².